The van der Waals surface area contributed by atoms with Crippen LogP contribution in [0.15, 0.2) is 42.6 Å². The number of anilines is 1. The standard InChI is InChI=1S/C19H21Cl2N7/c20-15-13-17(21)19(22-14-15)27-11-9-26(10-12-27)8-4-7-18-23-24-25-28(18)16-5-2-1-3-6-16/h1-3,5-6,13-14H,4,7-12H2. The van der Waals surface area contributed by atoms with Gasteiger partial charge in [0.15, 0.2) is 5.82 Å². The zero-order chi connectivity index (χ0) is 19.3. The Morgan fingerprint density at radius 3 is 2.54 bits per heavy atom. The molecule has 4 rings (SSSR count). The van der Waals surface area contributed by atoms with Crippen LogP contribution in [0.3, 0.4) is 0 Å². The van der Waals surface area contributed by atoms with E-state index >= 15 is 0 Å². The SMILES string of the molecule is Clc1cnc(N2CCN(CCCc3nnnn3-c3ccccc3)CC2)c(Cl)c1. The van der Waals surface area contributed by atoms with Crippen molar-refractivity contribution < 1.29 is 0 Å². The lowest BCUT2D eigenvalue weighted by molar-refractivity contribution is 0.254. The number of tetrazole rings is 1. The lowest BCUT2D eigenvalue weighted by atomic mass is 10.2. The van der Waals surface area contributed by atoms with Crippen LogP contribution in [0, 0.1) is 0 Å². The van der Waals surface area contributed by atoms with Crippen LogP contribution in [0.4, 0.5) is 5.82 Å². The third-order valence-electron chi connectivity index (χ3n) is 4.87. The first-order valence-corrected chi connectivity index (χ1v) is 10.1. The third kappa shape index (κ3) is 4.43. The molecule has 0 unspecified atom stereocenters. The first-order valence-electron chi connectivity index (χ1n) is 9.32. The van der Waals surface area contributed by atoms with Crippen molar-refractivity contribution in [2.45, 2.75) is 12.8 Å². The number of pyridine rings is 1. The van der Waals surface area contributed by atoms with Gasteiger partial charge in [-0.3, -0.25) is 4.90 Å². The second-order valence-corrected chi connectivity index (χ2v) is 7.58. The molecule has 0 saturated carbocycles. The summed E-state index contributed by atoms with van der Waals surface area (Å²) in [6.07, 6.45) is 3.49. The van der Waals surface area contributed by atoms with E-state index in [1.165, 1.54) is 0 Å². The van der Waals surface area contributed by atoms with Crippen LogP contribution in [0.2, 0.25) is 10.0 Å². The molecule has 1 aliphatic heterocycles. The van der Waals surface area contributed by atoms with E-state index < -0.39 is 0 Å². The fourth-order valence-electron chi connectivity index (χ4n) is 3.42. The number of benzene rings is 1. The van der Waals surface area contributed by atoms with E-state index in [-0.39, 0.29) is 0 Å². The molecule has 0 amide bonds. The predicted molar refractivity (Wildman–Crippen MR) is 110 cm³/mol. The van der Waals surface area contributed by atoms with Gasteiger partial charge in [0.05, 0.1) is 15.7 Å². The van der Waals surface area contributed by atoms with Gasteiger partial charge in [-0.25, -0.2) is 4.98 Å². The van der Waals surface area contributed by atoms with E-state index in [0.717, 1.165) is 62.9 Å². The molecule has 146 valence electrons. The summed E-state index contributed by atoms with van der Waals surface area (Å²) in [5, 5.41) is 13.3. The summed E-state index contributed by atoms with van der Waals surface area (Å²) >= 11 is 12.2. The molecule has 0 bridgehead atoms. The number of nitrogens with zero attached hydrogens (tertiary/aromatic N) is 7. The van der Waals surface area contributed by atoms with Crippen molar-refractivity contribution in [1.29, 1.82) is 0 Å². The molecule has 2 aromatic heterocycles. The minimum atomic E-state index is 0.560. The molecule has 3 aromatic rings. The molecular weight excluding hydrogens is 397 g/mol. The summed E-state index contributed by atoms with van der Waals surface area (Å²) in [6, 6.07) is 11.7. The topological polar surface area (TPSA) is 63.0 Å². The molecule has 0 radical (unpaired) electrons. The van der Waals surface area contributed by atoms with E-state index in [2.05, 4.69) is 30.3 Å². The third-order valence-corrected chi connectivity index (χ3v) is 5.35. The average molecular weight is 418 g/mol. The Labute approximate surface area is 173 Å². The van der Waals surface area contributed by atoms with Gasteiger partial charge in [0.2, 0.25) is 0 Å². The second-order valence-electron chi connectivity index (χ2n) is 6.73. The Bertz CT molecular complexity index is 908. The Morgan fingerprint density at radius 2 is 1.79 bits per heavy atom. The van der Waals surface area contributed by atoms with Crippen LogP contribution >= 0.6 is 23.2 Å². The molecule has 3 heterocycles. The monoisotopic (exact) mass is 417 g/mol. The van der Waals surface area contributed by atoms with E-state index in [0.29, 0.717) is 10.0 Å². The van der Waals surface area contributed by atoms with Crippen molar-refractivity contribution >= 4 is 29.0 Å². The fourth-order valence-corrected chi connectivity index (χ4v) is 3.92. The summed E-state index contributed by atoms with van der Waals surface area (Å²) < 4.78 is 1.81. The lowest BCUT2D eigenvalue weighted by Gasteiger charge is -2.35. The smallest absolute Gasteiger partial charge is 0.156 e. The molecule has 0 N–H and O–H groups in total. The van der Waals surface area contributed by atoms with E-state index in [1.54, 1.807) is 12.3 Å². The Balaban J connectivity index is 1.27. The molecule has 0 atom stereocenters. The number of hydrogen-bond donors (Lipinski definition) is 0. The van der Waals surface area contributed by atoms with E-state index in [9.17, 15) is 0 Å². The maximum atomic E-state index is 6.28. The predicted octanol–water partition coefficient (Wildman–Crippen LogP) is 3.12. The quantitative estimate of drug-likeness (QED) is 0.613. The summed E-state index contributed by atoms with van der Waals surface area (Å²) in [7, 11) is 0. The molecule has 1 aliphatic rings. The number of hydrogen-bond acceptors (Lipinski definition) is 6. The van der Waals surface area contributed by atoms with Gasteiger partial charge in [-0.1, -0.05) is 41.4 Å². The summed E-state index contributed by atoms with van der Waals surface area (Å²) in [5.74, 6) is 1.70. The van der Waals surface area contributed by atoms with Crippen LogP contribution in [0.25, 0.3) is 5.69 Å². The van der Waals surface area contributed by atoms with Gasteiger partial charge < -0.3 is 4.90 Å². The van der Waals surface area contributed by atoms with Gasteiger partial charge in [-0.15, -0.1) is 5.10 Å². The average Bonchev–Trinajstić information content (AvgIpc) is 3.18. The van der Waals surface area contributed by atoms with Crippen LogP contribution < -0.4 is 4.90 Å². The number of para-hydroxylation sites is 1. The summed E-state index contributed by atoms with van der Waals surface area (Å²) in [6.45, 7) is 4.76. The van der Waals surface area contributed by atoms with Gasteiger partial charge in [0, 0.05) is 38.8 Å². The first kappa shape index (κ1) is 19.1. The zero-order valence-corrected chi connectivity index (χ0v) is 16.9. The molecular formula is C19H21Cl2N7. The minimum absolute atomic E-state index is 0.560. The number of rotatable bonds is 6. The molecule has 9 heteroatoms. The maximum Gasteiger partial charge on any atom is 0.156 e. The molecule has 1 fully saturated rings. The Kier molecular flexibility index (Phi) is 6.04. The van der Waals surface area contributed by atoms with Gasteiger partial charge in [0.1, 0.15) is 5.82 Å². The lowest BCUT2D eigenvalue weighted by Crippen LogP contribution is -2.47. The zero-order valence-electron chi connectivity index (χ0n) is 15.4. The van der Waals surface area contributed by atoms with Crippen molar-refractivity contribution in [2.75, 3.05) is 37.6 Å². The van der Waals surface area contributed by atoms with E-state index in [1.807, 2.05) is 35.0 Å². The number of aromatic nitrogens is 5. The Hall–Kier alpha value is -2.22. The highest BCUT2D eigenvalue weighted by Gasteiger charge is 2.20. The van der Waals surface area contributed by atoms with Gasteiger partial charge in [-0.2, -0.15) is 4.68 Å². The molecule has 28 heavy (non-hydrogen) atoms. The summed E-state index contributed by atoms with van der Waals surface area (Å²) in [5.41, 5.74) is 0.989. The molecule has 1 aromatic carbocycles. The van der Waals surface area contributed by atoms with Crippen LogP contribution in [0.1, 0.15) is 12.2 Å². The summed E-state index contributed by atoms with van der Waals surface area (Å²) in [4.78, 5) is 9.05. The maximum absolute atomic E-state index is 6.28. The van der Waals surface area contributed by atoms with Crippen molar-refractivity contribution in [3.63, 3.8) is 0 Å². The molecule has 1 saturated heterocycles. The molecule has 0 spiro atoms. The number of aryl methyl sites for hydroxylation is 1. The van der Waals surface area contributed by atoms with Crippen LogP contribution in [0.5, 0.6) is 0 Å². The Morgan fingerprint density at radius 1 is 1.00 bits per heavy atom. The van der Waals surface area contributed by atoms with Gasteiger partial charge in [0.25, 0.3) is 0 Å². The largest absolute Gasteiger partial charge is 0.353 e. The van der Waals surface area contributed by atoms with Gasteiger partial charge >= 0.3 is 0 Å². The highest BCUT2D eigenvalue weighted by molar-refractivity contribution is 6.36. The minimum Gasteiger partial charge on any atom is -0.353 e. The second kappa shape index (κ2) is 8.86. The van der Waals surface area contributed by atoms with Crippen LogP contribution in [-0.2, 0) is 6.42 Å². The van der Waals surface area contributed by atoms with E-state index in [4.69, 9.17) is 23.2 Å². The van der Waals surface area contributed by atoms with Crippen molar-refractivity contribution in [2.24, 2.45) is 0 Å². The highest BCUT2D eigenvalue weighted by Crippen LogP contribution is 2.26. The fraction of sp³-hybridized carbons (Fsp3) is 0.368. The van der Waals surface area contributed by atoms with Crippen molar-refractivity contribution in [3.8, 4) is 5.69 Å². The van der Waals surface area contributed by atoms with Crippen molar-refractivity contribution in [1.82, 2.24) is 30.1 Å². The molecule has 7 nitrogen and oxygen atoms in total. The van der Waals surface area contributed by atoms with Crippen LogP contribution in [-0.4, -0.2) is 62.8 Å². The number of halogens is 2. The normalized spacial score (nSPS) is 15.1. The molecule has 0 aliphatic carbocycles. The van der Waals surface area contributed by atoms with Crippen molar-refractivity contribution in [3.05, 3.63) is 58.5 Å². The first-order chi connectivity index (χ1) is 13.7. The van der Waals surface area contributed by atoms with Gasteiger partial charge in [-0.05, 0) is 41.6 Å². The highest BCUT2D eigenvalue weighted by atomic mass is 35.5. The number of piperazine rings is 1.